The van der Waals surface area contributed by atoms with Crippen molar-refractivity contribution >= 4 is 33.0 Å². The zero-order valence-corrected chi connectivity index (χ0v) is 18.7. The Morgan fingerprint density at radius 3 is 2.33 bits per heavy atom. The van der Waals surface area contributed by atoms with Gasteiger partial charge in [0, 0.05) is 11.1 Å². The maximum Gasteiger partial charge on any atom is 0.501 e. The van der Waals surface area contributed by atoms with Gasteiger partial charge < -0.3 is 14.9 Å². The maximum atomic E-state index is 14.6. The van der Waals surface area contributed by atoms with Crippen molar-refractivity contribution < 1.29 is 40.4 Å². The predicted molar refractivity (Wildman–Crippen MR) is 110 cm³/mol. The summed E-state index contributed by atoms with van der Waals surface area (Å²) in [7, 11) is -5.66. The molecule has 0 bridgehead atoms. The number of rotatable bonds is 4. The smallest absolute Gasteiger partial charge is 0.501 e. The van der Waals surface area contributed by atoms with Gasteiger partial charge in [-0.1, -0.05) is 16.8 Å². The van der Waals surface area contributed by atoms with E-state index < -0.39 is 48.3 Å². The van der Waals surface area contributed by atoms with E-state index in [1.54, 1.807) is 6.92 Å². The minimum Gasteiger partial charge on any atom is -0.506 e. The first kappa shape index (κ1) is 24.5. The van der Waals surface area contributed by atoms with Gasteiger partial charge in [0.15, 0.2) is 0 Å². The van der Waals surface area contributed by atoms with Crippen LogP contribution < -0.4 is 5.32 Å². The summed E-state index contributed by atoms with van der Waals surface area (Å²) >= 11 is 5.88. The molecule has 0 saturated carbocycles. The summed E-state index contributed by atoms with van der Waals surface area (Å²) in [5.41, 5.74) is -5.93. The minimum absolute atomic E-state index is 0.0581. The van der Waals surface area contributed by atoms with Crippen LogP contribution in [0.15, 0.2) is 33.7 Å². The molecule has 0 spiro atoms. The molecule has 3 rings (SSSR count). The molecule has 0 atom stereocenters. The van der Waals surface area contributed by atoms with Crippen LogP contribution in [0, 0.1) is 26.6 Å². The van der Waals surface area contributed by atoms with Gasteiger partial charge in [0.2, 0.25) is 0 Å². The number of halogens is 5. The van der Waals surface area contributed by atoms with Gasteiger partial charge in [0.05, 0.1) is 32.4 Å². The largest absolute Gasteiger partial charge is 0.506 e. The van der Waals surface area contributed by atoms with E-state index >= 15 is 0 Å². The summed E-state index contributed by atoms with van der Waals surface area (Å²) in [5, 5.41) is 16.2. The molecule has 0 aliphatic heterocycles. The number of nitrogens with zero attached hydrogens (tertiary/aromatic N) is 1. The molecule has 1 heterocycles. The monoisotopic (exact) mass is 506 g/mol. The van der Waals surface area contributed by atoms with Crippen LogP contribution in [0.5, 0.6) is 5.75 Å². The number of benzene rings is 2. The average molecular weight is 507 g/mol. The molecule has 0 fully saturated rings. The summed E-state index contributed by atoms with van der Waals surface area (Å²) in [6, 6.07) is 2.99. The van der Waals surface area contributed by atoms with E-state index in [9.17, 15) is 35.9 Å². The van der Waals surface area contributed by atoms with Gasteiger partial charge in [-0.15, -0.1) is 0 Å². The summed E-state index contributed by atoms with van der Waals surface area (Å²) in [5.74, 6) is -2.19. The van der Waals surface area contributed by atoms with E-state index in [2.05, 4.69) is 10.5 Å². The number of anilines is 1. The summed E-state index contributed by atoms with van der Waals surface area (Å²) < 4.78 is 80.9. The highest BCUT2D eigenvalue weighted by Crippen LogP contribution is 2.40. The molecule has 2 N–H and O–H groups in total. The molecule has 1 aromatic heterocycles. The molecule has 0 unspecified atom stereocenters. The van der Waals surface area contributed by atoms with Crippen molar-refractivity contribution in [1.82, 2.24) is 5.16 Å². The third-order valence-corrected chi connectivity index (χ3v) is 6.63. The number of hydrogen-bond donors (Lipinski definition) is 2. The number of carbonyl (C=O) groups is 1. The predicted octanol–water partition coefficient (Wildman–Crippen LogP) is 5.31. The first-order valence-corrected chi connectivity index (χ1v) is 10.9. The number of amides is 1. The normalized spacial score (nSPS) is 12.1. The van der Waals surface area contributed by atoms with Crippen LogP contribution in [0.25, 0.3) is 11.1 Å². The number of nitrogens with one attached hydrogen (secondary N) is 1. The van der Waals surface area contributed by atoms with Crippen LogP contribution in [-0.2, 0) is 9.84 Å². The number of aromatic hydroxyl groups is 1. The van der Waals surface area contributed by atoms with Gasteiger partial charge in [-0.3, -0.25) is 4.79 Å². The number of alkyl halides is 3. The molecular weight excluding hydrogens is 492 g/mol. The van der Waals surface area contributed by atoms with Crippen molar-refractivity contribution in [3.05, 3.63) is 57.7 Å². The lowest BCUT2D eigenvalue weighted by atomic mass is 9.96. The van der Waals surface area contributed by atoms with Crippen LogP contribution in [0.1, 0.15) is 27.4 Å². The maximum absolute atomic E-state index is 14.6. The van der Waals surface area contributed by atoms with E-state index in [0.717, 1.165) is 12.1 Å². The average Bonchev–Trinajstić information content (AvgIpc) is 3.03. The van der Waals surface area contributed by atoms with Gasteiger partial charge in [-0.2, -0.15) is 13.2 Å². The molecule has 0 saturated heterocycles. The molecule has 2 aromatic carbocycles. The molecule has 7 nitrogen and oxygen atoms in total. The van der Waals surface area contributed by atoms with Crippen LogP contribution in [0.4, 0.5) is 23.2 Å². The summed E-state index contributed by atoms with van der Waals surface area (Å²) in [6.07, 6.45) is 0. The first-order valence-electron chi connectivity index (χ1n) is 9.04. The number of carbonyl (C=O) groups excluding carboxylic acids is 1. The Bertz CT molecular complexity index is 1360. The molecular formula is C20H15ClF4N2O5S. The van der Waals surface area contributed by atoms with E-state index in [1.165, 1.54) is 13.8 Å². The van der Waals surface area contributed by atoms with E-state index in [4.69, 9.17) is 16.1 Å². The summed E-state index contributed by atoms with van der Waals surface area (Å²) in [6.45, 7) is 4.32. The standard InChI is InChI=1S/C20H15ClF4N2O5S/c1-8-14(22)7-12(17-9(2)27-32-10(17)3)18(28)16(8)19(29)26-15-5-4-11(6-13(15)21)33(30,31)20(23,24)25/h4-7,28H,1-3H3,(H,26,29). The molecule has 0 radical (unpaired) electrons. The van der Waals surface area contributed by atoms with Crippen LogP contribution in [0.3, 0.4) is 0 Å². The Morgan fingerprint density at radius 1 is 1.18 bits per heavy atom. The highest BCUT2D eigenvalue weighted by molar-refractivity contribution is 7.92. The molecule has 33 heavy (non-hydrogen) atoms. The van der Waals surface area contributed by atoms with E-state index in [1.807, 2.05) is 0 Å². The number of sulfone groups is 1. The van der Waals surface area contributed by atoms with Gasteiger partial charge in [0.25, 0.3) is 15.7 Å². The van der Waals surface area contributed by atoms with Crippen molar-refractivity contribution in [3.8, 4) is 16.9 Å². The second kappa shape index (κ2) is 8.34. The lowest BCUT2D eigenvalue weighted by Gasteiger charge is -2.15. The zero-order chi connectivity index (χ0) is 24.9. The summed E-state index contributed by atoms with van der Waals surface area (Å²) in [4.78, 5) is 11.7. The third-order valence-electron chi connectivity index (χ3n) is 4.83. The van der Waals surface area contributed by atoms with Crippen molar-refractivity contribution in [1.29, 1.82) is 0 Å². The Balaban J connectivity index is 2.04. The molecule has 0 aliphatic carbocycles. The second-order valence-electron chi connectivity index (χ2n) is 7.00. The Kier molecular flexibility index (Phi) is 6.20. The molecule has 1 amide bonds. The Hall–Kier alpha value is -3.12. The molecule has 176 valence electrons. The van der Waals surface area contributed by atoms with E-state index in [0.29, 0.717) is 17.8 Å². The van der Waals surface area contributed by atoms with Gasteiger partial charge in [0.1, 0.15) is 17.3 Å². The number of aromatic nitrogens is 1. The zero-order valence-electron chi connectivity index (χ0n) is 17.1. The van der Waals surface area contributed by atoms with Crippen molar-refractivity contribution in [3.63, 3.8) is 0 Å². The van der Waals surface area contributed by atoms with Gasteiger partial charge >= 0.3 is 5.51 Å². The van der Waals surface area contributed by atoms with Gasteiger partial charge in [-0.05, 0) is 45.0 Å². The van der Waals surface area contributed by atoms with Crippen LogP contribution >= 0.6 is 11.6 Å². The highest BCUT2D eigenvalue weighted by atomic mass is 35.5. The fourth-order valence-electron chi connectivity index (χ4n) is 3.15. The van der Waals surface area contributed by atoms with Crippen molar-refractivity contribution in [2.45, 2.75) is 31.2 Å². The fraction of sp³-hybridized carbons (Fsp3) is 0.200. The number of phenols is 1. The minimum atomic E-state index is -5.66. The molecule has 3 aromatic rings. The third kappa shape index (κ3) is 4.27. The Morgan fingerprint density at radius 2 is 1.82 bits per heavy atom. The topological polar surface area (TPSA) is 110 Å². The fourth-order valence-corrected chi connectivity index (χ4v) is 4.23. The molecule has 13 heteroatoms. The first-order chi connectivity index (χ1) is 15.2. The number of phenolic OH excluding ortho intramolecular Hbond substituents is 1. The van der Waals surface area contributed by atoms with Crippen LogP contribution in [0.2, 0.25) is 5.02 Å². The number of aryl methyl sites for hydroxylation is 2. The SMILES string of the molecule is Cc1noc(C)c1-c1cc(F)c(C)c(C(=O)Nc2ccc(S(=O)(=O)C(F)(F)F)cc2Cl)c1O. The van der Waals surface area contributed by atoms with Crippen molar-refractivity contribution in [2.75, 3.05) is 5.32 Å². The van der Waals surface area contributed by atoms with Crippen LogP contribution in [-0.4, -0.2) is 30.1 Å². The second-order valence-corrected chi connectivity index (χ2v) is 9.35. The lowest BCUT2D eigenvalue weighted by molar-refractivity contribution is -0.0436. The quantitative estimate of drug-likeness (QED) is 0.464. The van der Waals surface area contributed by atoms with Crippen molar-refractivity contribution in [2.24, 2.45) is 0 Å². The number of hydrogen-bond acceptors (Lipinski definition) is 6. The Labute approximate surface area is 189 Å². The molecule has 0 aliphatic rings. The lowest BCUT2D eigenvalue weighted by Crippen LogP contribution is -2.23. The highest BCUT2D eigenvalue weighted by Gasteiger charge is 2.47. The van der Waals surface area contributed by atoms with E-state index in [-0.39, 0.29) is 28.1 Å². The van der Waals surface area contributed by atoms with Gasteiger partial charge in [-0.25, -0.2) is 12.8 Å².